The molecule has 0 radical (unpaired) electrons. The fraction of sp³-hybridized carbons (Fsp3) is 0.200. The monoisotopic (exact) mass is 255 g/mol. The number of nitrogens with zero attached hydrogens (tertiary/aromatic N) is 2. The number of hydrogen-bond acceptors (Lipinski definition) is 3. The molecule has 0 spiro atoms. The van der Waals surface area contributed by atoms with Crippen LogP contribution in [0.15, 0.2) is 54.7 Å². The molecule has 0 bridgehead atoms. The van der Waals surface area contributed by atoms with Crippen molar-refractivity contribution in [1.82, 2.24) is 10.3 Å². The molecule has 0 aliphatic heterocycles. The first-order chi connectivity index (χ1) is 9.27. The number of nitrogens with one attached hydrogen (secondary N) is 1. The van der Waals surface area contributed by atoms with E-state index in [2.05, 4.69) is 15.2 Å². The average Bonchev–Trinajstić information content (AvgIpc) is 2.49. The second kappa shape index (κ2) is 6.54. The van der Waals surface area contributed by atoms with Crippen LogP contribution in [0, 0.1) is 0 Å². The largest absolute Gasteiger partial charge is 0.373 e. The van der Waals surface area contributed by atoms with Crippen molar-refractivity contribution >= 4 is 11.6 Å². The molecule has 4 heteroatoms. The molecule has 0 aliphatic carbocycles. The van der Waals surface area contributed by atoms with Crippen molar-refractivity contribution in [3.63, 3.8) is 0 Å². The van der Waals surface area contributed by atoms with Crippen molar-refractivity contribution in [2.45, 2.75) is 0 Å². The third-order valence-electron chi connectivity index (χ3n) is 2.83. The van der Waals surface area contributed by atoms with Crippen molar-refractivity contribution in [1.29, 1.82) is 0 Å². The predicted molar refractivity (Wildman–Crippen MR) is 76.3 cm³/mol. The highest BCUT2D eigenvalue weighted by atomic mass is 16.1. The van der Waals surface area contributed by atoms with Crippen molar-refractivity contribution in [2.24, 2.45) is 0 Å². The van der Waals surface area contributed by atoms with Crippen LogP contribution in [0.2, 0.25) is 0 Å². The molecule has 2 aromatic rings. The maximum atomic E-state index is 11.8. The van der Waals surface area contributed by atoms with E-state index in [9.17, 15) is 4.79 Å². The van der Waals surface area contributed by atoms with Crippen LogP contribution in [0.5, 0.6) is 0 Å². The van der Waals surface area contributed by atoms with E-state index >= 15 is 0 Å². The Labute approximate surface area is 113 Å². The fourth-order valence-electron chi connectivity index (χ4n) is 1.74. The van der Waals surface area contributed by atoms with Gasteiger partial charge in [0.15, 0.2) is 0 Å². The van der Waals surface area contributed by atoms with Gasteiger partial charge in [-0.2, -0.15) is 0 Å². The molecule has 0 saturated carbocycles. The van der Waals surface area contributed by atoms with Crippen LogP contribution in [0.3, 0.4) is 0 Å². The van der Waals surface area contributed by atoms with Crippen molar-refractivity contribution in [3.05, 3.63) is 60.4 Å². The van der Waals surface area contributed by atoms with E-state index in [1.54, 1.807) is 24.4 Å². The van der Waals surface area contributed by atoms with E-state index in [1.165, 1.54) is 0 Å². The predicted octanol–water partition coefficient (Wildman–Crippen LogP) is 1.95. The maximum Gasteiger partial charge on any atom is 0.269 e. The second-order valence-corrected chi connectivity index (χ2v) is 4.23. The average molecular weight is 255 g/mol. The Kier molecular flexibility index (Phi) is 4.50. The van der Waals surface area contributed by atoms with Crippen LogP contribution in [-0.4, -0.2) is 31.0 Å². The lowest BCUT2D eigenvalue weighted by molar-refractivity contribution is 0.0950. The smallest absolute Gasteiger partial charge is 0.269 e. The van der Waals surface area contributed by atoms with E-state index in [0.29, 0.717) is 12.2 Å². The van der Waals surface area contributed by atoms with E-state index in [0.717, 1.165) is 12.2 Å². The van der Waals surface area contributed by atoms with Crippen molar-refractivity contribution < 1.29 is 4.79 Å². The number of pyridine rings is 1. The summed E-state index contributed by atoms with van der Waals surface area (Å²) in [6.45, 7) is 1.34. The van der Waals surface area contributed by atoms with E-state index in [-0.39, 0.29) is 5.91 Å². The van der Waals surface area contributed by atoms with Gasteiger partial charge < -0.3 is 10.2 Å². The molecule has 2 rings (SSSR count). The van der Waals surface area contributed by atoms with Crippen molar-refractivity contribution in [2.75, 3.05) is 25.0 Å². The molecule has 1 N–H and O–H groups in total. The summed E-state index contributed by atoms with van der Waals surface area (Å²) in [5.41, 5.74) is 1.58. The van der Waals surface area contributed by atoms with Gasteiger partial charge in [0.2, 0.25) is 0 Å². The SMILES string of the molecule is CN(CCNC(=O)c1ccccn1)c1ccccc1. The fourth-order valence-corrected chi connectivity index (χ4v) is 1.74. The molecule has 0 atom stereocenters. The van der Waals surface area contributed by atoms with Gasteiger partial charge in [-0.05, 0) is 24.3 Å². The summed E-state index contributed by atoms with van der Waals surface area (Å²) >= 11 is 0. The van der Waals surface area contributed by atoms with E-state index in [4.69, 9.17) is 0 Å². The summed E-state index contributed by atoms with van der Waals surface area (Å²) in [4.78, 5) is 17.9. The molecule has 98 valence electrons. The molecule has 0 saturated heterocycles. The molecule has 4 nitrogen and oxygen atoms in total. The van der Waals surface area contributed by atoms with Crippen LogP contribution in [-0.2, 0) is 0 Å². The van der Waals surface area contributed by atoms with Crippen LogP contribution in [0.1, 0.15) is 10.5 Å². The molecule has 0 unspecified atom stereocenters. The number of benzene rings is 1. The van der Waals surface area contributed by atoms with Crippen LogP contribution in [0.4, 0.5) is 5.69 Å². The quantitative estimate of drug-likeness (QED) is 0.888. The number of carbonyl (C=O) groups excluding carboxylic acids is 1. The number of amides is 1. The van der Waals surface area contributed by atoms with Gasteiger partial charge in [0.1, 0.15) is 5.69 Å². The summed E-state index contributed by atoms with van der Waals surface area (Å²) in [5, 5.41) is 2.86. The molecule has 1 amide bonds. The van der Waals surface area contributed by atoms with Gasteiger partial charge in [0, 0.05) is 32.0 Å². The first-order valence-electron chi connectivity index (χ1n) is 6.23. The summed E-state index contributed by atoms with van der Waals surface area (Å²) < 4.78 is 0. The molecule has 19 heavy (non-hydrogen) atoms. The minimum atomic E-state index is -0.137. The number of aromatic nitrogens is 1. The van der Waals surface area contributed by atoms with Gasteiger partial charge in [0.05, 0.1) is 0 Å². The number of rotatable bonds is 5. The van der Waals surface area contributed by atoms with Gasteiger partial charge in [-0.15, -0.1) is 0 Å². The summed E-state index contributed by atoms with van der Waals surface area (Å²) in [6.07, 6.45) is 1.62. The third kappa shape index (κ3) is 3.81. The Bertz CT molecular complexity index is 513. The standard InChI is InChI=1S/C15H17N3O/c1-18(13-7-3-2-4-8-13)12-11-17-15(19)14-9-5-6-10-16-14/h2-10H,11-12H2,1H3,(H,17,19). The van der Waals surface area contributed by atoms with Gasteiger partial charge in [0.25, 0.3) is 5.91 Å². The number of hydrogen-bond donors (Lipinski definition) is 1. The Morgan fingerprint density at radius 1 is 1.16 bits per heavy atom. The van der Waals surface area contributed by atoms with E-state index < -0.39 is 0 Å². The molecule has 1 heterocycles. The minimum Gasteiger partial charge on any atom is -0.373 e. The van der Waals surface area contributed by atoms with Crippen LogP contribution in [0.25, 0.3) is 0 Å². The zero-order chi connectivity index (χ0) is 13.5. The molecule has 1 aromatic carbocycles. The topological polar surface area (TPSA) is 45.2 Å². The lowest BCUT2D eigenvalue weighted by atomic mass is 10.3. The second-order valence-electron chi connectivity index (χ2n) is 4.23. The lowest BCUT2D eigenvalue weighted by Gasteiger charge is -2.19. The zero-order valence-corrected chi connectivity index (χ0v) is 10.9. The number of anilines is 1. The normalized spacial score (nSPS) is 9.95. The van der Waals surface area contributed by atoms with E-state index in [1.807, 2.05) is 37.4 Å². The minimum absolute atomic E-state index is 0.137. The van der Waals surface area contributed by atoms with Gasteiger partial charge in [-0.1, -0.05) is 24.3 Å². The molecule has 0 aliphatic rings. The highest BCUT2D eigenvalue weighted by Crippen LogP contribution is 2.09. The summed E-state index contributed by atoms with van der Waals surface area (Å²) in [5.74, 6) is -0.137. The number of carbonyl (C=O) groups is 1. The summed E-state index contributed by atoms with van der Waals surface area (Å²) in [7, 11) is 2.00. The zero-order valence-electron chi connectivity index (χ0n) is 10.9. The summed E-state index contributed by atoms with van der Waals surface area (Å²) in [6, 6.07) is 15.4. The first-order valence-corrected chi connectivity index (χ1v) is 6.23. The van der Waals surface area contributed by atoms with Gasteiger partial charge in [-0.25, -0.2) is 0 Å². The third-order valence-corrected chi connectivity index (χ3v) is 2.83. The van der Waals surface area contributed by atoms with Crippen molar-refractivity contribution in [3.8, 4) is 0 Å². The Morgan fingerprint density at radius 2 is 1.89 bits per heavy atom. The number of likely N-dealkylation sites (N-methyl/N-ethyl adjacent to an activating group) is 1. The highest BCUT2D eigenvalue weighted by Gasteiger charge is 2.05. The molecule has 0 fully saturated rings. The molecular weight excluding hydrogens is 238 g/mol. The molecular formula is C15H17N3O. The Hall–Kier alpha value is -2.36. The lowest BCUT2D eigenvalue weighted by Crippen LogP contribution is -2.33. The highest BCUT2D eigenvalue weighted by molar-refractivity contribution is 5.92. The van der Waals surface area contributed by atoms with Gasteiger partial charge in [-0.3, -0.25) is 9.78 Å². The van der Waals surface area contributed by atoms with Crippen LogP contribution >= 0.6 is 0 Å². The van der Waals surface area contributed by atoms with Gasteiger partial charge >= 0.3 is 0 Å². The maximum absolute atomic E-state index is 11.8. The Morgan fingerprint density at radius 3 is 2.58 bits per heavy atom. The molecule has 1 aromatic heterocycles. The van der Waals surface area contributed by atoms with Crippen LogP contribution < -0.4 is 10.2 Å². The first kappa shape index (κ1) is 13.1. The Balaban J connectivity index is 1.79. The number of para-hydroxylation sites is 1.